The first-order chi connectivity index (χ1) is 8.59. The van der Waals surface area contributed by atoms with Gasteiger partial charge in [0.05, 0.1) is 6.54 Å². The molecule has 6 heteroatoms. The van der Waals surface area contributed by atoms with Gasteiger partial charge in [0, 0.05) is 5.41 Å². The van der Waals surface area contributed by atoms with Gasteiger partial charge in [0.1, 0.15) is 5.54 Å². The molecule has 0 fully saturated rings. The van der Waals surface area contributed by atoms with Gasteiger partial charge in [-0.05, 0) is 20.4 Å². The van der Waals surface area contributed by atoms with Crippen molar-refractivity contribution in [1.82, 2.24) is 15.0 Å². The Morgan fingerprint density at radius 2 is 1.89 bits per heavy atom. The van der Waals surface area contributed by atoms with E-state index in [2.05, 4.69) is 10.1 Å². The molecule has 0 aliphatic carbocycles. The minimum Gasteiger partial charge on any atom is -0.480 e. The first-order valence-electron chi connectivity index (χ1n) is 6.40. The Hall–Kier alpha value is -1.43. The molecule has 0 saturated heterocycles. The molecule has 0 aromatic carbocycles. The highest BCUT2D eigenvalue weighted by Crippen LogP contribution is 2.21. The van der Waals surface area contributed by atoms with E-state index in [1.807, 2.05) is 27.7 Å². The summed E-state index contributed by atoms with van der Waals surface area (Å²) in [6.07, 6.45) is 0. The Labute approximate surface area is 113 Å². The summed E-state index contributed by atoms with van der Waals surface area (Å²) < 4.78 is 5.20. The summed E-state index contributed by atoms with van der Waals surface area (Å²) in [6.45, 7) is 12.2. The number of likely N-dealkylation sites (N-methyl/N-ethyl adjacent to an activating group) is 1. The van der Waals surface area contributed by atoms with E-state index >= 15 is 0 Å². The van der Waals surface area contributed by atoms with Gasteiger partial charge in [-0.2, -0.15) is 4.98 Å². The van der Waals surface area contributed by atoms with E-state index in [0.29, 0.717) is 24.8 Å². The van der Waals surface area contributed by atoms with Crippen molar-refractivity contribution in [3.05, 3.63) is 11.7 Å². The molecule has 0 aliphatic rings. The average molecular weight is 269 g/mol. The molecule has 0 saturated carbocycles. The Morgan fingerprint density at radius 1 is 1.32 bits per heavy atom. The number of nitrogens with zero attached hydrogens (tertiary/aromatic N) is 3. The molecule has 1 aromatic rings. The number of rotatable bonds is 5. The summed E-state index contributed by atoms with van der Waals surface area (Å²) in [5.74, 6) is 0.206. The molecule has 0 unspecified atom stereocenters. The number of aliphatic carboxylic acids is 1. The number of hydrogen-bond donors (Lipinski definition) is 1. The predicted octanol–water partition coefficient (Wildman–Crippen LogP) is 2.05. The maximum atomic E-state index is 11.3. The third-order valence-corrected chi connectivity index (χ3v) is 3.16. The van der Waals surface area contributed by atoms with E-state index in [9.17, 15) is 9.90 Å². The highest BCUT2D eigenvalue weighted by Gasteiger charge is 2.34. The van der Waals surface area contributed by atoms with Crippen molar-refractivity contribution in [2.75, 3.05) is 6.54 Å². The van der Waals surface area contributed by atoms with Gasteiger partial charge in [0.2, 0.25) is 5.89 Å². The number of aromatic nitrogens is 2. The third kappa shape index (κ3) is 3.53. The molecule has 0 bridgehead atoms. The highest BCUT2D eigenvalue weighted by molar-refractivity contribution is 5.77. The molecule has 0 amide bonds. The van der Waals surface area contributed by atoms with Gasteiger partial charge in [-0.3, -0.25) is 9.69 Å². The zero-order valence-corrected chi connectivity index (χ0v) is 12.5. The molecule has 0 aliphatic heterocycles. The van der Waals surface area contributed by atoms with Crippen molar-refractivity contribution in [2.24, 2.45) is 0 Å². The number of carboxylic acid groups (broad SMARTS) is 1. The lowest BCUT2D eigenvalue weighted by atomic mass is 9.96. The van der Waals surface area contributed by atoms with Gasteiger partial charge >= 0.3 is 5.97 Å². The highest BCUT2D eigenvalue weighted by atomic mass is 16.5. The average Bonchev–Trinajstić information content (AvgIpc) is 2.73. The van der Waals surface area contributed by atoms with Crippen LogP contribution in [0, 0.1) is 0 Å². The molecule has 1 aromatic heterocycles. The van der Waals surface area contributed by atoms with Gasteiger partial charge in [-0.1, -0.05) is 32.9 Å². The van der Waals surface area contributed by atoms with E-state index in [1.165, 1.54) is 0 Å². The van der Waals surface area contributed by atoms with Crippen molar-refractivity contribution >= 4 is 5.97 Å². The summed E-state index contributed by atoms with van der Waals surface area (Å²) in [6, 6.07) is 0. The number of carbonyl (C=O) groups is 1. The maximum Gasteiger partial charge on any atom is 0.323 e. The molecule has 1 N–H and O–H groups in total. The number of hydrogen-bond acceptors (Lipinski definition) is 5. The second-order valence-electron chi connectivity index (χ2n) is 6.14. The monoisotopic (exact) mass is 269 g/mol. The molecular formula is C13H23N3O3. The zero-order chi connectivity index (χ0) is 14.8. The van der Waals surface area contributed by atoms with Crippen molar-refractivity contribution in [3.8, 4) is 0 Å². The fraction of sp³-hybridized carbons (Fsp3) is 0.769. The smallest absolute Gasteiger partial charge is 0.323 e. The van der Waals surface area contributed by atoms with E-state index in [4.69, 9.17) is 4.52 Å². The number of carboxylic acids is 1. The van der Waals surface area contributed by atoms with Crippen LogP contribution in [0.4, 0.5) is 0 Å². The first-order valence-corrected chi connectivity index (χ1v) is 6.40. The van der Waals surface area contributed by atoms with Crippen LogP contribution in [0.25, 0.3) is 0 Å². The molecule has 1 heterocycles. The summed E-state index contributed by atoms with van der Waals surface area (Å²) in [5, 5.41) is 13.2. The lowest BCUT2D eigenvalue weighted by Gasteiger charge is -2.32. The van der Waals surface area contributed by atoms with E-state index in [0.717, 1.165) is 0 Å². The molecule has 0 atom stereocenters. The van der Waals surface area contributed by atoms with E-state index in [-0.39, 0.29) is 5.41 Å². The minimum atomic E-state index is -0.967. The fourth-order valence-corrected chi connectivity index (χ4v) is 1.63. The lowest BCUT2D eigenvalue weighted by Crippen LogP contribution is -2.49. The molecule has 19 heavy (non-hydrogen) atoms. The Morgan fingerprint density at radius 3 is 2.26 bits per heavy atom. The van der Waals surface area contributed by atoms with Crippen LogP contribution < -0.4 is 0 Å². The van der Waals surface area contributed by atoms with Gasteiger partial charge in [-0.15, -0.1) is 0 Å². The standard InChI is InChI=1S/C13H23N3O3/c1-7-16(13(5,6)11(17)18)8-9-14-10(15-19-9)12(2,3)4/h7-8H2,1-6H3,(H,17,18). The van der Waals surface area contributed by atoms with Gasteiger partial charge in [0.15, 0.2) is 5.82 Å². The summed E-state index contributed by atoms with van der Waals surface area (Å²) in [5.41, 5.74) is -1.15. The first kappa shape index (κ1) is 15.6. The van der Waals surface area contributed by atoms with Crippen molar-refractivity contribution in [3.63, 3.8) is 0 Å². The Kier molecular flexibility index (Phi) is 4.35. The van der Waals surface area contributed by atoms with Gasteiger partial charge in [0.25, 0.3) is 0 Å². The SMILES string of the molecule is CCN(Cc1nc(C(C)(C)C)no1)C(C)(C)C(=O)O. The Bertz CT molecular complexity index is 446. The van der Waals surface area contributed by atoms with E-state index in [1.54, 1.807) is 18.7 Å². The molecule has 1 rings (SSSR count). The fourth-order valence-electron chi connectivity index (χ4n) is 1.63. The summed E-state index contributed by atoms with van der Waals surface area (Å²) in [4.78, 5) is 17.4. The van der Waals surface area contributed by atoms with Crippen LogP contribution >= 0.6 is 0 Å². The Balaban J connectivity index is 2.88. The van der Waals surface area contributed by atoms with Crippen molar-refractivity contribution in [2.45, 2.75) is 59.0 Å². The van der Waals surface area contributed by atoms with Gasteiger partial charge in [-0.25, -0.2) is 0 Å². The summed E-state index contributed by atoms with van der Waals surface area (Å²) >= 11 is 0. The van der Waals surface area contributed by atoms with Crippen LogP contribution in [0.1, 0.15) is 53.3 Å². The maximum absolute atomic E-state index is 11.3. The van der Waals surface area contributed by atoms with Crippen LogP contribution in [0.15, 0.2) is 4.52 Å². The molecule has 0 spiro atoms. The van der Waals surface area contributed by atoms with Crippen LogP contribution in [0.2, 0.25) is 0 Å². The van der Waals surface area contributed by atoms with Crippen molar-refractivity contribution < 1.29 is 14.4 Å². The quantitative estimate of drug-likeness (QED) is 0.881. The lowest BCUT2D eigenvalue weighted by molar-refractivity contribution is -0.149. The topological polar surface area (TPSA) is 79.5 Å². The second-order valence-corrected chi connectivity index (χ2v) is 6.14. The van der Waals surface area contributed by atoms with Gasteiger partial charge < -0.3 is 9.63 Å². The second kappa shape index (κ2) is 5.28. The molecule has 108 valence electrons. The zero-order valence-electron chi connectivity index (χ0n) is 12.5. The van der Waals surface area contributed by atoms with Crippen LogP contribution in [-0.4, -0.2) is 38.2 Å². The molecule has 0 radical (unpaired) electrons. The minimum absolute atomic E-state index is 0.179. The predicted molar refractivity (Wildman–Crippen MR) is 70.8 cm³/mol. The van der Waals surface area contributed by atoms with Crippen molar-refractivity contribution in [1.29, 1.82) is 0 Å². The third-order valence-electron chi connectivity index (χ3n) is 3.16. The normalized spacial score (nSPS) is 13.0. The van der Waals surface area contributed by atoms with Crippen LogP contribution in [0.5, 0.6) is 0 Å². The molecule has 6 nitrogen and oxygen atoms in total. The van der Waals surface area contributed by atoms with E-state index < -0.39 is 11.5 Å². The van der Waals surface area contributed by atoms with Crippen LogP contribution in [-0.2, 0) is 16.8 Å². The molecular weight excluding hydrogens is 246 g/mol. The summed E-state index contributed by atoms with van der Waals surface area (Å²) in [7, 11) is 0. The largest absolute Gasteiger partial charge is 0.480 e. The van der Waals surface area contributed by atoms with Crippen LogP contribution in [0.3, 0.4) is 0 Å².